The molecule has 1 N–H and O–H groups in total. The summed E-state index contributed by atoms with van der Waals surface area (Å²) >= 11 is 0. The van der Waals surface area contributed by atoms with Crippen LogP contribution in [0.25, 0.3) is 5.69 Å². The van der Waals surface area contributed by atoms with Gasteiger partial charge in [-0.05, 0) is 57.8 Å². The summed E-state index contributed by atoms with van der Waals surface area (Å²) in [5.74, 6) is -0.732. The largest absolute Gasteiger partial charge is 0.381 e. The number of nitrogens with one attached hydrogen (secondary N) is 1. The Bertz CT molecular complexity index is 997. The molecule has 2 fully saturated rings. The average Bonchev–Trinajstić information content (AvgIpc) is 3.23. The van der Waals surface area contributed by atoms with Gasteiger partial charge in [0, 0.05) is 42.8 Å². The first-order chi connectivity index (χ1) is 14.4. The summed E-state index contributed by atoms with van der Waals surface area (Å²) in [4.78, 5) is 15.3. The smallest absolute Gasteiger partial charge is 0.272 e. The third kappa shape index (κ3) is 3.13. The Morgan fingerprint density at radius 2 is 2.10 bits per heavy atom. The van der Waals surface area contributed by atoms with Crippen LogP contribution in [0.15, 0.2) is 18.2 Å². The molecular weight excluding hydrogens is 390 g/mol. The maximum atomic E-state index is 14.5. The van der Waals surface area contributed by atoms with Crippen LogP contribution >= 0.6 is 0 Å². The molecule has 0 bridgehead atoms. The number of ether oxygens (including phenoxy) is 1. The van der Waals surface area contributed by atoms with Gasteiger partial charge in [0.05, 0.1) is 5.69 Å². The minimum Gasteiger partial charge on any atom is -0.381 e. The predicted molar refractivity (Wildman–Crippen MR) is 107 cm³/mol. The van der Waals surface area contributed by atoms with Crippen LogP contribution in [-0.4, -0.2) is 60.0 Å². The highest BCUT2D eigenvalue weighted by atomic mass is 19.1. The molecular formula is C22H26F2N4O2. The Morgan fingerprint density at radius 3 is 2.80 bits per heavy atom. The number of likely N-dealkylation sites (N-methyl/N-ethyl adjacent to an activating group) is 1. The zero-order chi connectivity index (χ0) is 21.0. The summed E-state index contributed by atoms with van der Waals surface area (Å²) in [5, 5.41) is 7.58. The van der Waals surface area contributed by atoms with E-state index in [1.807, 2.05) is 14.1 Å². The van der Waals surface area contributed by atoms with Gasteiger partial charge >= 0.3 is 0 Å². The van der Waals surface area contributed by atoms with Gasteiger partial charge in [-0.15, -0.1) is 0 Å². The van der Waals surface area contributed by atoms with E-state index in [0.717, 1.165) is 43.0 Å². The number of rotatable bonds is 5. The minimum absolute atomic E-state index is 0.148. The van der Waals surface area contributed by atoms with Gasteiger partial charge in [0.25, 0.3) is 5.91 Å². The third-order valence-corrected chi connectivity index (χ3v) is 7.07. The van der Waals surface area contributed by atoms with E-state index in [-0.39, 0.29) is 17.1 Å². The van der Waals surface area contributed by atoms with E-state index >= 15 is 0 Å². The Kier molecular flexibility index (Phi) is 4.67. The van der Waals surface area contributed by atoms with Crippen molar-refractivity contribution < 1.29 is 18.3 Å². The molecule has 8 heteroatoms. The number of hydrogen-bond acceptors (Lipinski definition) is 4. The maximum absolute atomic E-state index is 14.5. The van der Waals surface area contributed by atoms with Crippen LogP contribution in [0.1, 0.15) is 46.9 Å². The Balaban J connectivity index is 1.44. The lowest BCUT2D eigenvalue weighted by Crippen LogP contribution is -2.55. The highest BCUT2D eigenvalue weighted by molar-refractivity contribution is 5.94. The number of hydrogen-bond donors (Lipinski definition) is 1. The van der Waals surface area contributed by atoms with Gasteiger partial charge in [-0.25, -0.2) is 13.5 Å². The molecule has 0 radical (unpaired) electrons. The molecule has 1 saturated carbocycles. The van der Waals surface area contributed by atoms with Crippen LogP contribution in [0.3, 0.4) is 0 Å². The lowest BCUT2D eigenvalue weighted by molar-refractivity contribution is -0.00660. The Labute approximate surface area is 174 Å². The fraction of sp³-hybridized carbons (Fsp3) is 0.545. The molecule has 6 nitrogen and oxygen atoms in total. The van der Waals surface area contributed by atoms with E-state index in [9.17, 15) is 13.6 Å². The number of aromatic nitrogens is 2. The van der Waals surface area contributed by atoms with Crippen molar-refractivity contribution in [1.29, 1.82) is 0 Å². The summed E-state index contributed by atoms with van der Waals surface area (Å²) in [5.41, 5.74) is 2.22. The second-order valence-corrected chi connectivity index (χ2v) is 8.94. The van der Waals surface area contributed by atoms with Crippen molar-refractivity contribution in [2.75, 3.05) is 33.9 Å². The van der Waals surface area contributed by atoms with Crippen molar-refractivity contribution in [2.45, 2.75) is 37.1 Å². The molecule has 160 valence electrons. The molecule has 0 unspecified atom stereocenters. The molecule has 1 aromatic heterocycles. The van der Waals surface area contributed by atoms with Crippen molar-refractivity contribution >= 4 is 5.91 Å². The van der Waals surface area contributed by atoms with Crippen molar-refractivity contribution in [2.24, 2.45) is 5.92 Å². The second-order valence-electron chi connectivity index (χ2n) is 8.94. The van der Waals surface area contributed by atoms with Crippen LogP contribution in [-0.2, 0) is 11.2 Å². The first-order valence-corrected chi connectivity index (χ1v) is 10.5. The lowest BCUT2D eigenvalue weighted by atomic mass is 9.88. The van der Waals surface area contributed by atoms with Gasteiger partial charge in [0.2, 0.25) is 0 Å². The van der Waals surface area contributed by atoms with Crippen LogP contribution in [0.2, 0.25) is 0 Å². The number of halogens is 2. The molecule has 1 aromatic carbocycles. The second kappa shape index (κ2) is 7.13. The quantitative estimate of drug-likeness (QED) is 0.814. The van der Waals surface area contributed by atoms with Gasteiger partial charge in [-0.3, -0.25) is 4.79 Å². The fourth-order valence-corrected chi connectivity index (χ4v) is 5.00. The van der Waals surface area contributed by atoms with Crippen LogP contribution in [0.5, 0.6) is 0 Å². The topological polar surface area (TPSA) is 59.4 Å². The molecule has 30 heavy (non-hydrogen) atoms. The van der Waals surface area contributed by atoms with E-state index in [0.29, 0.717) is 37.3 Å². The van der Waals surface area contributed by atoms with Crippen LogP contribution < -0.4 is 5.32 Å². The Morgan fingerprint density at radius 1 is 1.33 bits per heavy atom. The van der Waals surface area contributed by atoms with E-state index < -0.39 is 11.6 Å². The molecule has 2 aliphatic carbocycles. The van der Waals surface area contributed by atoms with Gasteiger partial charge < -0.3 is 15.0 Å². The molecule has 0 spiro atoms. The standard InChI is InChI=1S/C22H26F2N4O2/c1-27(2)22(5-7-30-8-6-22)12-25-21(29)19-16-10-13-9-15(13)20(16)28(26-19)18-4-3-14(23)11-17(18)24/h3-4,11,13,15H,5-10,12H2,1-2H3,(H,25,29)/t13-,15-/m0/s1. The van der Waals surface area contributed by atoms with Gasteiger partial charge in [-0.2, -0.15) is 5.10 Å². The molecule has 2 atom stereocenters. The normalized spacial score (nSPS) is 23.9. The van der Waals surface area contributed by atoms with E-state index in [1.165, 1.54) is 16.8 Å². The third-order valence-electron chi connectivity index (χ3n) is 7.07. The maximum Gasteiger partial charge on any atom is 0.272 e. The monoisotopic (exact) mass is 416 g/mol. The number of benzene rings is 1. The van der Waals surface area contributed by atoms with Gasteiger partial charge in [0.15, 0.2) is 11.5 Å². The first kappa shape index (κ1) is 19.6. The summed E-state index contributed by atoms with van der Waals surface area (Å²) in [6.07, 6.45) is 3.51. The molecule has 3 aliphatic rings. The van der Waals surface area contributed by atoms with Crippen LogP contribution in [0.4, 0.5) is 8.78 Å². The lowest BCUT2D eigenvalue weighted by Gasteiger charge is -2.42. The Hall–Kier alpha value is -2.32. The van der Waals surface area contributed by atoms with Crippen molar-refractivity contribution in [3.05, 3.63) is 46.8 Å². The summed E-state index contributed by atoms with van der Waals surface area (Å²) in [6, 6.07) is 3.46. The first-order valence-electron chi connectivity index (χ1n) is 10.5. The zero-order valence-corrected chi connectivity index (χ0v) is 17.3. The van der Waals surface area contributed by atoms with Gasteiger partial charge in [-0.1, -0.05) is 0 Å². The van der Waals surface area contributed by atoms with Crippen molar-refractivity contribution in [3.63, 3.8) is 0 Å². The van der Waals surface area contributed by atoms with Crippen molar-refractivity contribution in [1.82, 2.24) is 20.0 Å². The van der Waals surface area contributed by atoms with E-state index in [4.69, 9.17) is 4.74 Å². The zero-order valence-electron chi connectivity index (χ0n) is 17.3. The average molecular weight is 416 g/mol. The molecule has 5 rings (SSSR count). The van der Waals surface area contributed by atoms with E-state index in [2.05, 4.69) is 15.3 Å². The molecule has 2 heterocycles. The predicted octanol–water partition coefficient (Wildman–Crippen LogP) is 2.65. The van der Waals surface area contributed by atoms with Gasteiger partial charge in [0.1, 0.15) is 11.5 Å². The highest BCUT2D eigenvalue weighted by Crippen LogP contribution is 2.57. The number of fused-ring (bicyclic) bond motifs is 3. The number of carbonyl (C=O) groups is 1. The molecule has 1 aliphatic heterocycles. The van der Waals surface area contributed by atoms with Crippen molar-refractivity contribution in [3.8, 4) is 5.69 Å². The summed E-state index contributed by atoms with van der Waals surface area (Å²) in [6.45, 7) is 1.85. The SMILES string of the molecule is CN(C)C1(CNC(=O)c2nn(-c3ccc(F)cc3F)c3c2C[C@@H]2C[C@H]32)CCOCC1. The minimum atomic E-state index is -0.676. The number of amides is 1. The fourth-order valence-electron chi connectivity index (χ4n) is 5.00. The summed E-state index contributed by atoms with van der Waals surface area (Å²) < 4.78 is 34.9. The van der Waals surface area contributed by atoms with E-state index in [1.54, 1.807) is 0 Å². The molecule has 1 amide bonds. The van der Waals surface area contributed by atoms with Crippen LogP contribution in [0, 0.1) is 17.6 Å². The number of carbonyl (C=O) groups excluding carboxylic acids is 1. The molecule has 2 aromatic rings. The highest BCUT2D eigenvalue weighted by Gasteiger charge is 2.50. The summed E-state index contributed by atoms with van der Waals surface area (Å²) in [7, 11) is 4.05. The molecule has 1 saturated heterocycles. The number of nitrogens with zero attached hydrogens (tertiary/aromatic N) is 3.